The molecule has 4 rings (SSSR count). The van der Waals surface area contributed by atoms with Gasteiger partial charge in [0.05, 0.1) is 17.3 Å². The highest BCUT2D eigenvalue weighted by Crippen LogP contribution is 2.16. The van der Waals surface area contributed by atoms with Gasteiger partial charge in [-0.15, -0.1) is 0 Å². The van der Waals surface area contributed by atoms with Gasteiger partial charge < -0.3 is 0 Å². The van der Waals surface area contributed by atoms with Gasteiger partial charge in [0.25, 0.3) is 5.56 Å². The number of hydrogen-bond donors (Lipinski definition) is 1. The molecule has 5 nitrogen and oxygen atoms in total. The van der Waals surface area contributed by atoms with E-state index in [-0.39, 0.29) is 11.0 Å². The third kappa shape index (κ3) is 2.93. The van der Waals surface area contributed by atoms with Crippen LogP contribution in [0.15, 0.2) is 76.4 Å². The van der Waals surface area contributed by atoms with Crippen LogP contribution in [-0.4, -0.2) is 14.5 Å². The Kier molecular flexibility index (Phi) is 3.93. The Morgan fingerprint density at radius 2 is 1.73 bits per heavy atom. The normalized spacial score (nSPS) is 11.0. The van der Waals surface area contributed by atoms with Crippen molar-refractivity contribution in [1.82, 2.24) is 14.5 Å². The van der Waals surface area contributed by atoms with E-state index in [0.29, 0.717) is 12.1 Å². The molecule has 1 N–H and O–H groups in total. The number of fused-ring (bicyclic) bond motifs is 1. The largest absolute Gasteiger partial charge is 0.334 e. The molecular formula is C20H14FN3O2. The van der Waals surface area contributed by atoms with Crippen molar-refractivity contribution in [3.8, 4) is 5.69 Å². The number of hydrogen-bond acceptors (Lipinski definition) is 3. The van der Waals surface area contributed by atoms with Gasteiger partial charge >= 0.3 is 5.69 Å². The molecule has 0 aliphatic rings. The van der Waals surface area contributed by atoms with Gasteiger partial charge in [-0.05, 0) is 35.7 Å². The number of pyridine rings is 1. The van der Waals surface area contributed by atoms with Gasteiger partial charge in [-0.3, -0.25) is 9.78 Å². The average Bonchev–Trinajstić information content (AvgIpc) is 2.63. The van der Waals surface area contributed by atoms with Gasteiger partial charge in [0.15, 0.2) is 5.65 Å². The molecule has 4 aromatic rings. The Labute approximate surface area is 147 Å². The SMILES string of the molecule is O=c1[nH]c(=O)n(-c2cccc(Cc3ccccc3)c2)c2ncc(F)cc12. The fraction of sp³-hybridized carbons (Fsp3) is 0.0500. The molecule has 26 heavy (non-hydrogen) atoms. The summed E-state index contributed by atoms with van der Waals surface area (Å²) in [5, 5.41) is 0.0260. The predicted octanol–water partition coefficient (Wildman–Crippen LogP) is 2.80. The van der Waals surface area contributed by atoms with Crippen LogP contribution in [0, 0.1) is 5.82 Å². The van der Waals surface area contributed by atoms with Crippen molar-refractivity contribution in [1.29, 1.82) is 0 Å². The third-order valence-electron chi connectivity index (χ3n) is 4.13. The minimum absolute atomic E-state index is 0.0260. The van der Waals surface area contributed by atoms with Gasteiger partial charge in [0, 0.05) is 0 Å². The number of aromatic nitrogens is 3. The molecule has 0 aliphatic heterocycles. The Morgan fingerprint density at radius 1 is 0.962 bits per heavy atom. The topological polar surface area (TPSA) is 67.8 Å². The average molecular weight is 347 g/mol. The van der Waals surface area contributed by atoms with Crippen LogP contribution in [0.2, 0.25) is 0 Å². The number of rotatable bonds is 3. The van der Waals surface area contributed by atoms with Crippen LogP contribution in [0.3, 0.4) is 0 Å². The smallest absolute Gasteiger partial charge is 0.273 e. The summed E-state index contributed by atoms with van der Waals surface area (Å²) in [6.07, 6.45) is 1.69. The summed E-state index contributed by atoms with van der Waals surface area (Å²) in [7, 11) is 0. The molecule has 0 aliphatic carbocycles. The number of H-pyrrole nitrogens is 1. The highest BCUT2D eigenvalue weighted by atomic mass is 19.1. The minimum atomic E-state index is -0.659. The van der Waals surface area contributed by atoms with Gasteiger partial charge in [0.2, 0.25) is 0 Å². The first-order chi connectivity index (χ1) is 12.6. The molecule has 2 aromatic carbocycles. The second kappa shape index (κ2) is 6.40. The lowest BCUT2D eigenvalue weighted by molar-refractivity contribution is 0.623. The maximum absolute atomic E-state index is 13.5. The maximum atomic E-state index is 13.5. The molecule has 0 radical (unpaired) electrons. The Balaban J connectivity index is 1.87. The lowest BCUT2D eigenvalue weighted by atomic mass is 10.0. The lowest BCUT2D eigenvalue weighted by Crippen LogP contribution is -2.30. The highest BCUT2D eigenvalue weighted by molar-refractivity contribution is 5.75. The van der Waals surface area contributed by atoms with E-state index in [1.165, 1.54) is 4.57 Å². The Morgan fingerprint density at radius 3 is 2.54 bits per heavy atom. The monoisotopic (exact) mass is 347 g/mol. The second-order valence-electron chi connectivity index (χ2n) is 5.95. The second-order valence-corrected chi connectivity index (χ2v) is 5.95. The molecule has 0 saturated heterocycles. The summed E-state index contributed by atoms with van der Waals surface area (Å²) in [5.41, 5.74) is 1.55. The fourth-order valence-corrected chi connectivity index (χ4v) is 2.97. The highest BCUT2D eigenvalue weighted by Gasteiger charge is 2.12. The molecule has 0 unspecified atom stereocenters. The lowest BCUT2D eigenvalue weighted by Gasteiger charge is -2.10. The third-order valence-corrected chi connectivity index (χ3v) is 4.13. The number of halogens is 1. The van der Waals surface area contributed by atoms with Crippen LogP contribution in [0.1, 0.15) is 11.1 Å². The van der Waals surface area contributed by atoms with Crippen LogP contribution >= 0.6 is 0 Å². The molecular weight excluding hydrogens is 333 g/mol. The van der Waals surface area contributed by atoms with Gasteiger partial charge in [-0.1, -0.05) is 42.5 Å². The standard InChI is InChI=1S/C20H14FN3O2/c21-15-11-17-18(22-12-15)24(20(26)23-19(17)25)16-8-4-7-14(10-16)9-13-5-2-1-3-6-13/h1-8,10-12H,9H2,(H,23,25,26). The van der Waals surface area contributed by atoms with E-state index in [0.717, 1.165) is 23.4 Å². The number of aromatic amines is 1. The first-order valence-electron chi connectivity index (χ1n) is 8.06. The Hall–Kier alpha value is -3.54. The molecule has 0 atom stereocenters. The molecule has 0 bridgehead atoms. The maximum Gasteiger partial charge on any atom is 0.334 e. The summed E-state index contributed by atoms with van der Waals surface area (Å²) in [5.74, 6) is -0.633. The Bertz CT molecular complexity index is 1210. The van der Waals surface area contributed by atoms with E-state index in [4.69, 9.17) is 0 Å². The van der Waals surface area contributed by atoms with Crippen LogP contribution in [0.25, 0.3) is 16.7 Å². The zero-order valence-corrected chi connectivity index (χ0v) is 13.6. The van der Waals surface area contributed by atoms with E-state index in [2.05, 4.69) is 9.97 Å². The molecule has 128 valence electrons. The zero-order chi connectivity index (χ0) is 18.1. The summed E-state index contributed by atoms with van der Waals surface area (Å²) in [6.45, 7) is 0. The van der Waals surface area contributed by atoms with E-state index in [9.17, 15) is 14.0 Å². The zero-order valence-electron chi connectivity index (χ0n) is 13.6. The molecule has 0 fully saturated rings. The van der Waals surface area contributed by atoms with E-state index in [1.54, 1.807) is 6.07 Å². The molecule has 0 amide bonds. The van der Waals surface area contributed by atoms with Crippen LogP contribution in [0.5, 0.6) is 0 Å². The number of nitrogens with zero attached hydrogens (tertiary/aromatic N) is 2. The fourth-order valence-electron chi connectivity index (χ4n) is 2.97. The predicted molar refractivity (Wildman–Crippen MR) is 97.2 cm³/mol. The first-order valence-corrected chi connectivity index (χ1v) is 8.06. The quantitative estimate of drug-likeness (QED) is 0.620. The van der Waals surface area contributed by atoms with Crippen molar-refractivity contribution in [2.75, 3.05) is 0 Å². The van der Waals surface area contributed by atoms with Crippen LogP contribution in [0.4, 0.5) is 4.39 Å². The first kappa shape index (κ1) is 16.0. The molecule has 0 saturated carbocycles. The summed E-state index contributed by atoms with van der Waals surface area (Å²) in [6, 6.07) is 18.4. The number of nitrogens with one attached hydrogen (secondary N) is 1. The van der Waals surface area contributed by atoms with Gasteiger partial charge in [-0.25, -0.2) is 18.7 Å². The van der Waals surface area contributed by atoms with Crippen LogP contribution < -0.4 is 11.2 Å². The van der Waals surface area contributed by atoms with E-state index < -0.39 is 17.1 Å². The van der Waals surface area contributed by atoms with Crippen molar-refractivity contribution >= 4 is 11.0 Å². The molecule has 2 heterocycles. The summed E-state index contributed by atoms with van der Waals surface area (Å²) >= 11 is 0. The summed E-state index contributed by atoms with van der Waals surface area (Å²) in [4.78, 5) is 30.5. The van der Waals surface area contributed by atoms with Gasteiger partial charge in [-0.2, -0.15) is 0 Å². The van der Waals surface area contributed by atoms with E-state index >= 15 is 0 Å². The van der Waals surface area contributed by atoms with Crippen LogP contribution in [-0.2, 0) is 6.42 Å². The van der Waals surface area contributed by atoms with Crippen molar-refractivity contribution in [3.63, 3.8) is 0 Å². The minimum Gasteiger partial charge on any atom is -0.273 e. The summed E-state index contributed by atoms with van der Waals surface area (Å²) < 4.78 is 14.7. The van der Waals surface area contributed by atoms with Crippen molar-refractivity contribution in [2.45, 2.75) is 6.42 Å². The van der Waals surface area contributed by atoms with Crippen molar-refractivity contribution in [3.05, 3.63) is 105 Å². The van der Waals surface area contributed by atoms with Crippen molar-refractivity contribution in [2.24, 2.45) is 0 Å². The molecule has 2 aromatic heterocycles. The molecule has 0 spiro atoms. The van der Waals surface area contributed by atoms with E-state index in [1.807, 2.05) is 48.5 Å². The molecule has 6 heteroatoms. The van der Waals surface area contributed by atoms with Gasteiger partial charge in [0.1, 0.15) is 5.82 Å². The van der Waals surface area contributed by atoms with Crippen molar-refractivity contribution < 1.29 is 4.39 Å². The number of benzene rings is 2.